The summed E-state index contributed by atoms with van der Waals surface area (Å²) in [5.74, 6) is 0.616. The Labute approximate surface area is 345 Å². The number of aromatic nitrogens is 8. The molecule has 4 aromatic heterocycles. The van der Waals surface area contributed by atoms with Crippen LogP contribution in [0, 0.1) is 11.8 Å². The highest BCUT2D eigenvalue weighted by Gasteiger charge is 2.40. The smallest absolute Gasteiger partial charge is 0.407 e. The number of alkyl carbamates (subject to hydrolysis) is 2. The third kappa shape index (κ3) is 7.76. The number of amides is 4. The van der Waals surface area contributed by atoms with Crippen LogP contribution in [0.2, 0.25) is 0 Å². The van der Waals surface area contributed by atoms with Crippen molar-refractivity contribution in [2.45, 2.75) is 77.5 Å². The summed E-state index contributed by atoms with van der Waals surface area (Å²) in [6.45, 7) is 8.65. The molecule has 0 aliphatic carbocycles. The van der Waals surface area contributed by atoms with Gasteiger partial charge in [-0.15, -0.1) is 0 Å². The normalized spacial score (nSPS) is 17.8. The molecule has 60 heavy (non-hydrogen) atoms. The van der Waals surface area contributed by atoms with Crippen LogP contribution < -0.4 is 15.6 Å². The molecule has 8 rings (SSSR count). The number of ether oxygens (including phenoxy) is 2. The van der Waals surface area contributed by atoms with Crippen molar-refractivity contribution in [3.63, 3.8) is 0 Å². The third-order valence-electron chi connectivity index (χ3n) is 11.4. The molecule has 0 spiro atoms. The van der Waals surface area contributed by atoms with E-state index in [1.165, 1.54) is 14.2 Å². The van der Waals surface area contributed by atoms with Gasteiger partial charge in [0, 0.05) is 24.2 Å². The van der Waals surface area contributed by atoms with E-state index in [1.54, 1.807) is 16.0 Å². The molecule has 2 fully saturated rings. The lowest BCUT2D eigenvalue weighted by molar-refractivity contribution is -0.347. The van der Waals surface area contributed by atoms with Gasteiger partial charge >= 0.3 is 17.8 Å². The summed E-state index contributed by atoms with van der Waals surface area (Å²) in [7, 11) is 2.56. The van der Waals surface area contributed by atoms with E-state index in [-0.39, 0.29) is 35.7 Å². The molecule has 18 heteroatoms. The monoisotopic (exact) mass is 817 g/mol. The number of imidazole rings is 2. The maximum Gasteiger partial charge on any atom is 0.407 e. The number of hydrogen-bond donors (Lipinski definition) is 4. The van der Waals surface area contributed by atoms with Crippen LogP contribution in [0.15, 0.2) is 48.8 Å². The third-order valence-corrected chi connectivity index (χ3v) is 11.4. The highest BCUT2D eigenvalue weighted by Crippen LogP contribution is 2.35. The molecule has 2 aliphatic heterocycles. The molecule has 18 nitrogen and oxygen atoms in total. The Kier molecular flexibility index (Phi) is 11.0. The van der Waals surface area contributed by atoms with E-state index in [0.29, 0.717) is 53.0 Å². The lowest BCUT2D eigenvalue weighted by Crippen LogP contribution is -2.51. The van der Waals surface area contributed by atoms with Crippen molar-refractivity contribution in [3.8, 4) is 22.5 Å². The lowest BCUT2D eigenvalue weighted by Gasteiger charge is -2.29. The minimum absolute atomic E-state index is 0.133. The zero-order valence-corrected chi connectivity index (χ0v) is 34.4. The van der Waals surface area contributed by atoms with Gasteiger partial charge in [-0.05, 0) is 65.4 Å². The Morgan fingerprint density at radius 2 is 1.23 bits per heavy atom. The van der Waals surface area contributed by atoms with Crippen molar-refractivity contribution in [1.29, 1.82) is 0 Å². The van der Waals surface area contributed by atoms with Crippen molar-refractivity contribution in [2.75, 3.05) is 27.3 Å². The molecule has 6 heterocycles. The van der Waals surface area contributed by atoms with Gasteiger partial charge in [-0.1, -0.05) is 52.0 Å². The molecule has 0 radical (unpaired) electrons. The summed E-state index contributed by atoms with van der Waals surface area (Å²) in [6, 6.07) is 10.2. The number of methoxy groups -OCH3 is 2. The van der Waals surface area contributed by atoms with Gasteiger partial charge in [0.15, 0.2) is 11.3 Å². The van der Waals surface area contributed by atoms with Crippen molar-refractivity contribution < 1.29 is 33.6 Å². The van der Waals surface area contributed by atoms with Crippen LogP contribution in [-0.2, 0) is 19.1 Å². The van der Waals surface area contributed by atoms with Gasteiger partial charge < -0.3 is 34.9 Å². The van der Waals surface area contributed by atoms with Crippen molar-refractivity contribution >= 4 is 57.4 Å². The molecule has 5 N–H and O–H groups in total. The first kappa shape index (κ1) is 40.1. The fourth-order valence-corrected chi connectivity index (χ4v) is 8.22. The average molecular weight is 818 g/mol. The van der Waals surface area contributed by atoms with Gasteiger partial charge in [-0.3, -0.25) is 14.6 Å². The van der Waals surface area contributed by atoms with Crippen LogP contribution in [0.25, 0.3) is 55.9 Å². The van der Waals surface area contributed by atoms with Crippen molar-refractivity contribution in [2.24, 2.45) is 11.8 Å². The zero-order valence-electron chi connectivity index (χ0n) is 34.4. The Hall–Kier alpha value is -6.72. The van der Waals surface area contributed by atoms with E-state index in [4.69, 9.17) is 29.4 Å². The Bertz CT molecular complexity index is 2430. The minimum Gasteiger partial charge on any atom is -0.453 e. The Morgan fingerprint density at radius 1 is 0.717 bits per heavy atom. The fraction of sp³-hybridized carbons (Fsp3) is 0.429. The van der Waals surface area contributed by atoms with Gasteiger partial charge in [0.25, 0.3) is 0 Å². The first-order valence-corrected chi connectivity index (χ1v) is 20.3. The molecule has 4 amide bonds. The second-order valence-corrected chi connectivity index (χ2v) is 16.0. The number of rotatable bonds is 10. The number of fused-ring (bicyclic) bond motifs is 3. The van der Waals surface area contributed by atoms with E-state index < -0.39 is 24.3 Å². The van der Waals surface area contributed by atoms with E-state index in [9.17, 15) is 19.2 Å². The first-order chi connectivity index (χ1) is 28.9. The predicted molar refractivity (Wildman–Crippen MR) is 220 cm³/mol. The molecule has 0 unspecified atom stereocenters. The van der Waals surface area contributed by atoms with Crippen molar-refractivity contribution in [1.82, 2.24) is 55.3 Å². The molecular formula is C42H49N12O6+. The number of nitrogens with one attached hydrogen (secondary N) is 5. The number of carbonyl (C=O) groups excluding carboxylic acids is 4. The fourth-order valence-electron chi connectivity index (χ4n) is 8.22. The van der Waals surface area contributed by atoms with E-state index in [2.05, 4.69) is 42.7 Å². The summed E-state index contributed by atoms with van der Waals surface area (Å²) >= 11 is 0. The van der Waals surface area contributed by atoms with E-state index in [0.717, 1.165) is 53.3 Å². The van der Waals surface area contributed by atoms with E-state index in [1.807, 2.05) is 58.2 Å². The topological polar surface area (TPSA) is 227 Å². The van der Waals surface area contributed by atoms with Gasteiger partial charge in [0.1, 0.15) is 35.8 Å². The average Bonchev–Trinajstić information content (AvgIpc) is 4.08. The first-order valence-electron chi connectivity index (χ1n) is 20.3. The summed E-state index contributed by atoms with van der Waals surface area (Å²) in [4.78, 5) is 88.6. The van der Waals surface area contributed by atoms with Crippen LogP contribution in [-0.4, -0.2) is 108 Å². The van der Waals surface area contributed by atoms with Crippen LogP contribution in [0.4, 0.5) is 9.59 Å². The molecule has 6 aromatic rings. The number of hydrogen-bond acceptors (Lipinski definition) is 11. The minimum atomic E-state index is -0.728. The molecule has 2 aromatic carbocycles. The van der Waals surface area contributed by atoms with Crippen LogP contribution in [0.1, 0.15) is 77.1 Å². The number of likely N-dealkylation sites (tertiary alicyclic amines) is 2. The molecule has 0 saturated carbocycles. The predicted octanol–water partition coefficient (Wildman–Crippen LogP) is 5.01. The number of nitrogens with zero attached hydrogens (tertiary/aromatic N) is 7. The Morgan fingerprint density at radius 3 is 1.78 bits per heavy atom. The van der Waals surface area contributed by atoms with Gasteiger partial charge in [-0.25, -0.2) is 34.5 Å². The van der Waals surface area contributed by atoms with Crippen LogP contribution in [0.3, 0.4) is 0 Å². The highest BCUT2D eigenvalue weighted by atomic mass is 16.5. The summed E-state index contributed by atoms with van der Waals surface area (Å²) in [5.41, 5.74) is 5.31. The van der Waals surface area contributed by atoms with Crippen LogP contribution >= 0.6 is 0 Å². The van der Waals surface area contributed by atoms with Crippen LogP contribution in [0.5, 0.6) is 0 Å². The second-order valence-electron chi connectivity index (χ2n) is 16.0. The quantitative estimate of drug-likeness (QED) is 0.144. The van der Waals surface area contributed by atoms with Gasteiger partial charge in [-0.2, -0.15) is 0 Å². The SMILES string of the molecule is COC(=O)N[C@H](C(=O)N1CCC[C@H]1c1nc2ncc(-c3ccc4cc(-c5c[nH+]c6nc([C@@H]7CCCN7C(=O)[C@@H](NC(=O)OC)C(C)C)[nH]c6n5)ccc4c3)nc2[nH]1)C(C)C. The summed E-state index contributed by atoms with van der Waals surface area (Å²) in [6.07, 6.45) is 5.29. The maximum atomic E-state index is 13.6. The molecule has 0 bridgehead atoms. The lowest BCUT2D eigenvalue weighted by atomic mass is 10.0. The summed E-state index contributed by atoms with van der Waals surface area (Å²) < 4.78 is 9.53. The zero-order chi connectivity index (χ0) is 42.2. The molecule has 4 atom stereocenters. The number of benzene rings is 2. The molecule has 2 saturated heterocycles. The van der Waals surface area contributed by atoms with Gasteiger partial charge in [0.2, 0.25) is 23.3 Å². The van der Waals surface area contributed by atoms with Gasteiger partial charge in [0.05, 0.1) is 32.2 Å². The maximum absolute atomic E-state index is 13.6. The number of H-pyrrole nitrogens is 3. The number of aromatic amines is 3. The molecular weight excluding hydrogens is 769 g/mol. The van der Waals surface area contributed by atoms with E-state index >= 15 is 0 Å². The summed E-state index contributed by atoms with van der Waals surface area (Å²) in [5, 5.41) is 7.39. The number of carbonyl (C=O) groups is 4. The molecule has 2 aliphatic rings. The van der Waals surface area contributed by atoms with Crippen molar-refractivity contribution in [3.05, 3.63) is 60.4 Å². The highest BCUT2D eigenvalue weighted by molar-refractivity contribution is 5.91. The standard InChI is InChI=1S/C42H48N12O6/c1-21(2)31(47-41(57)59-5)39(55)53-15-7-9-29(53)33-49-35-37(51-33)45-27(19-43-35)25-13-11-24-18-26(14-12-23(24)17-25)28-20-44-36-38(46-28)52-34(50-36)30-10-8-16-54(30)40(56)32(22(3)4)48-42(58)60-6/h11-14,17-22,29-32H,7-10,15-16H2,1-6H3,(H,47,57)(H,48,58)(H,43,45,49,51)(H,44,46,50,52)/p+1/t29-,30-,31-,32-/m0/s1. The Balaban J connectivity index is 0.993. The molecule has 312 valence electrons. The largest absolute Gasteiger partial charge is 0.453 e. The second kappa shape index (κ2) is 16.5.